The molecule has 4 nitrogen and oxygen atoms in total. The van der Waals surface area contributed by atoms with Crippen molar-refractivity contribution in [2.75, 3.05) is 19.5 Å². The molecule has 1 N–H and O–H groups in total. The molecule has 4 heteroatoms. The van der Waals surface area contributed by atoms with Gasteiger partial charge >= 0.3 is 0 Å². The Morgan fingerprint density at radius 2 is 1.87 bits per heavy atom. The number of anilines is 1. The van der Waals surface area contributed by atoms with Crippen LogP contribution in [-0.2, 0) is 4.79 Å². The lowest BCUT2D eigenvalue weighted by atomic mass is 10.1. The van der Waals surface area contributed by atoms with Gasteiger partial charge in [0.25, 0.3) is 0 Å². The number of amides is 1. The Kier molecular flexibility index (Phi) is 5.41. The predicted octanol–water partition coefficient (Wildman–Crippen LogP) is 3.97. The Bertz CT molecular complexity index is 735. The van der Waals surface area contributed by atoms with E-state index in [0.717, 1.165) is 22.4 Å². The summed E-state index contributed by atoms with van der Waals surface area (Å²) in [7, 11) is 3.19. The molecule has 2 aromatic rings. The van der Waals surface area contributed by atoms with Crippen molar-refractivity contribution >= 4 is 17.7 Å². The van der Waals surface area contributed by atoms with Crippen molar-refractivity contribution in [2.24, 2.45) is 0 Å². The first kappa shape index (κ1) is 16.6. The lowest BCUT2D eigenvalue weighted by molar-refractivity contribution is -0.111. The van der Waals surface area contributed by atoms with E-state index in [1.54, 1.807) is 26.4 Å². The molecule has 0 aliphatic rings. The third-order valence-electron chi connectivity index (χ3n) is 3.71. The lowest BCUT2D eigenvalue weighted by Gasteiger charge is -2.09. The molecule has 0 atom stereocenters. The summed E-state index contributed by atoms with van der Waals surface area (Å²) in [5, 5.41) is 2.89. The SMILES string of the molecule is COc1ccc(OC)c(/C=C/C(=O)Nc2cccc(C)c2C)c1. The molecule has 120 valence electrons. The van der Waals surface area contributed by atoms with Crippen molar-refractivity contribution in [3.8, 4) is 11.5 Å². The quantitative estimate of drug-likeness (QED) is 0.850. The van der Waals surface area contributed by atoms with E-state index >= 15 is 0 Å². The number of nitrogens with one attached hydrogen (secondary N) is 1. The van der Waals surface area contributed by atoms with Gasteiger partial charge in [0.1, 0.15) is 11.5 Å². The van der Waals surface area contributed by atoms with Crippen LogP contribution in [-0.4, -0.2) is 20.1 Å². The van der Waals surface area contributed by atoms with Gasteiger partial charge in [-0.15, -0.1) is 0 Å². The zero-order valence-corrected chi connectivity index (χ0v) is 13.8. The molecular formula is C19H21NO3. The summed E-state index contributed by atoms with van der Waals surface area (Å²) < 4.78 is 10.5. The van der Waals surface area contributed by atoms with Crippen LogP contribution in [0.15, 0.2) is 42.5 Å². The maximum absolute atomic E-state index is 12.1. The summed E-state index contributed by atoms with van der Waals surface area (Å²) in [4.78, 5) is 12.1. The van der Waals surface area contributed by atoms with Gasteiger partial charge < -0.3 is 14.8 Å². The highest BCUT2D eigenvalue weighted by Crippen LogP contribution is 2.25. The fourth-order valence-electron chi connectivity index (χ4n) is 2.20. The fourth-order valence-corrected chi connectivity index (χ4v) is 2.20. The smallest absolute Gasteiger partial charge is 0.248 e. The van der Waals surface area contributed by atoms with Crippen molar-refractivity contribution in [1.82, 2.24) is 0 Å². The van der Waals surface area contributed by atoms with Gasteiger partial charge in [-0.3, -0.25) is 4.79 Å². The fraction of sp³-hybridized carbons (Fsp3) is 0.211. The molecule has 0 bridgehead atoms. The number of carbonyl (C=O) groups is 1. The van der Waals surface area contributed by atoms with Gasteiger partial charge in [0, 0.05) is 17.3 Å². The summed E-state index contributed by atoms with van der Waals surface area (Å²) >= 11 is 0. The van der Waals surface area contributed by atoms with Crippen LogP contribution in [0.25, 0.3) is 6.08 Å². The Labute approximate surface area is 136 Å². The number of benzene rings is 2. The van der Waals surface area contributed by atoms with Crippen molar-refractivity contribution in [3.63, 3.8) is 0 Å². The molecule has 0 aliphatic carbocycles. The van der Waals surface area contributed by atoms with E-state index in [0.29, 0.717) is 11.5 Å². The monoisotopic (exact) mass is 311 g/mol. The predicted molar refractivity (Wildman–Crippen MR) is 93.1 cm³/mol. The molecule has 0 saturated heterocycles. The van der Waals surface area contributed by atoms with E-state index in [1.807, 2.05) is 44.2 Å². The van der Waals surface area contributed by atoms with Gasteiger partial charge in [-0.05, 0) is 55.3 Å². The van der Waals surface area contributed by atoms with Crippen molar-refractivity contribution < 1.29 is 14.3 Å². The first-order valence-corrected chi connectivity index (χ1v) is 7.32. The van der Waals surface area contributed by atoms with Crippen LogP contribution in [0.1, 0.15) is 16.7 Å². The van der Waals surface area contributed by atoms with Crippen LogP contribution >= 0.6 is 0 Å². The minimum Gasteiger partial charge on any atom is -0.497 e. The second kappa shape index (κ2) is 7.49. The number of hydrogen-bond acceptors (Lipinski definition) is 3. The molecule has 0 unspecified atom stereocenters. The average molecular weight is 311 g/mol. The normalized spacial score (nSPS) is 10.6. The largest absolute Gasteiger partial charge is 0.497 e. The molecular weight excluding hydrogens is 290 g/mol. The number of rotatable bonds is 5. The van der Waals surface area contributed by atoms with E-state index in [-0.39, 0.29) is 5.91 Å². The molecule has 23 heavy (non-hydrogen) atoms. The lowest BCUT2D eigenvalue weighted by Crippen LogP contribution is -2.09. The average Bonchev–Trinajstić information content (AvgIpc) is 2.56. The Morgan fingerprint density at radius 3 is 2.57 bits per heavy atom. The van der Waals surface area contributed by atoms with E-state index in [9.17, 15) is 4.79 Å². The Hall–Kier alpha value is -2.75. The van der Waals surface area contributed by atoms with Crippen LogP contribution in [0.3, 0.4) is 0 Å². The molecule has 0 heterocycles. The van der Waals surface area contributed by atoms with Gasteiger partial charge in [-0.2, -0.15) is 0 Å². The topological polar surface area (TPSA) is 47.6 Å². The minimum absolute atomic E-state index is 0.191. The van der Waals surface area contributed by atoms with Crippen LogP contribution in [0.5, 0.6) is 11.5 Å². The van der Waals surface area contributed by atoms with E-state index in [2.05, 4.69) is 5.32 Å². The van der Waals surface area contributed by atoms with Gasteiger partial charge in [-0.25, -0.2) is 0 Å². The molecule has 2 rings (SSSR count). The number of hydrogen-bond donors (Lipinski definition) is 1. The number of ether oxygens (including phenoxy) is 2. The first-order chi connectivity index (χ1) is 11.0. The van der Waals surface area contributed by atoms with Gasteiger partial charge in [0.15, 0.2) is 0 Å². The number of aryl methyl sites for hydroxylation is 1. The zero-order valence-electron chi connectivity index (χ0n) is 13.8. The van der Waals surface area contributed by atoms with Gasteiger partial charge in [0.05, 0.1) is 14.2 Å². The third kappa shape index (κ3) is 4.13. The first-order valence-electron chi connectivity index (χ1n) is 7.32. The minimum atomic E-state index is -0.191. The van der Waals surface area contributed by atoms with Crippen LogP contribution < -0.4 is 14.8 Å². The number of carbonyl (C=O) groups excluding carboxylic acids is 1. The van der Waals surface area contributed by atoms with Gasteiger partial charge in [0.2, 0.25) is 5.91 Å². The summed E-state index contributed by atoms with van der Waals surface area (Å²) in [6, 6.07) is 11.3. The second-order valence-corrected chi connectivity index (χ2v) is 5.18. The summed E-state index contributed by atoms with van der Waals surface area (Å²) in [5.41, 5.74) is 3.80. The molecule has 1 amide bonds. The maximum Gasteiger partial charge on any atom is 0.248 e. The van der Waals surface area contributed by atoms with Gasteiger partial charge in [-0.1, -0.05) is 12.1 Å². The summed E-state index contributed by atoms with van der Waals surface area (Å²) in [6.45, 7) is 4.00. The second-order valence-electron chi connectivity index (χ2n) is 5.18. The number of methoxy groups -OCH3 is 2. The standard InChI is InChI=1S/C19H21NO3/c1-13-6-5-7-17(14(13)2)20-19(21)11-8-15-12-16(22-3)9-10-18(15)23-4/h5-12H,1-4H3,(H,20,21)/b11-8+. The van der Waals surface area contributed by atoms with Crippen LogP contribution in [0.4, 0.5) is 5.69 Å². The molecule has 2 aromatic carbocycles. The van der Waals surface area contributed by atoms with E-state index < -0.39 is 0 Å². The highest BCUT2D eigenvalue weighted by Gasteiger charge is 2.05. The third-order valence-corrected chi connectivity index (χ3v) is 3.71. The zero-order chi connectivity index (χ0) is 16.8. The summed E-state index contributed by atoms with van der Waals surface area (Å²) in [5.74, 6) is 1.20. The Balaban J connectivity index is 2.16. The van der Waals surface area contributed by atoms with Crippen LogP contribution in [0.2, 0.25) is 0 Å². The maximum atomic E-state index is 12.1. The van der Waals surface area contributed by atoms with Crippen molar-refractivity contribution in [1.29, 1.82) is 0 Å². The van der Waals surface area contributed by atoms with Crippen molar-refractivity contribution in [2.45, 2.75) is 13.8 Å². The molecule has 0 aliphatic heterocycles. The van der Waals surface area contributed by atoms with E-state index in [1.165, 1.54) is 6.08 Å². The molecule has 0 spiro atoms. The van der Waals surface area contributed by atoms with Crippen molar-refractivity contribution in [3.05, 3.63) is 59.2 Å². The molecule has 0 aromatic heterocycles. The highest BCUT2D eigenvalue weighted by molar-refractivity contribution is 6.02. The Morgan fingerprint density at radius 1 is 1.09 bits per heavy atom. The molecule has 0 saturated carbocycles. The van der Waals surface area contributed by atoms with Crippen LogP contribution in [0, 0.1) is 13.8 Å². The molecule has 0 fully saturated rings. The van der Waals surface area contributed by atoms with E-state index in [4.69, 9.17) is 9.47 Å². The molecule has 0 radical (unpaired) electrons. The highest BCUT2D eigenvalue weighted by atomic mass is 16.5. The summed E-state index contributed by atoms with van der Waals surface area (Å²) in [6.07, 6.45) is 3.20.